The second-order valence-electron chi connectivity index (χ2n) is 3.37. The normalized spacial score (nSPS) is 17.1. The molecule has 2 N–H and O–H groups in total. The van der Waals surface area contributed by atoms with Crippen molar-refractivity contribution in [3.05, 3.63) is 65.3 Å². The summed E-state index contributed by atoms with van der Waals surface area (Å²) in [7, 11) is 0. The number of hydrogen-bond acceptors (Lipinski definition) is 2. The van der Waals surface area contributed by atoms with Crippen LogP contribution in [0.15, 0.2) is 59.7 Å². The maximum absolute atomic E-state index is 10.9. The van der Waals surface area contributed by atoms with Crippen LogP contribution in [0.5, 0.6) is 0 Å². The molecule has 0 fully saturated rings. The van der Waals surface area contributed by atoms with Gasteiger partial charge < -0.3 is 10.2 Å². The van der Waals surface area contributed by atoms with E-state index in [0.717, 1.165) is 0 Å². The van der Waals surface area contributed by atoms with Crippen LogP contribution in [0.1, 0.15) is 5.56 Å². The van der Waals surface area contributed by atoms with Crippen LogP contribution in [0, 0.1) is 0 Å². The second kappa shape index (κ2) is 4.06. The average Bonchev–Trinajstić information content (AvgIpc) is 2.78. The van der Waals surface area contributed by atoms with Gasteiger partial charge in [0.2, 0.25) is 0 Å². The number of allylic oxidation sites excluding steroid dienone is 3. The van der Waals surface area contributed by atoms with Gasteiger partial charge in [-0.2, -0.15) is 0 Å². The fourth-order valence-electron chi connectivity index (χ4n) is 1.56. The summed E-state index contributed by atoms with van der Waals surface area (Å²) in [5, 5.41) is 18.9. The van der Waals surface area contributed by atoms with Gasteiger partial charge >= 0.3 is 5.97 Å². The SMILES string of the molecule is O=C(O)C1=CC=C/C1=C(/O)c1ccccc1. The molecule has 3 heteroatoms. The van der Waals surface area contributed by atoms with E-state index < -0.39 is 5.97 Å². The van der Waals surface area contributed by atoms with Crippen LogP contribution in [0.2, 0.25) is 0 Å². The second-order valence-corrected chi connectivity index (χ2v) is 3.37. The van der Waals surface area contributed by atoms with Crippen molar-refractivity contribution in [3.63, 3.8) is 0 Å². The Morgan fingerprint density at radius 3 is 2.38 bits per heavy atom. The quantitative estimate of drug-likeness (QED) is 0.744. The number of aliphatic hydroxyl groups excluding tert-OH is 1. The Hall–Kier alpha value is -2.29. The zero-order valence-corrected chi connectivity index (χ0v) is 8.42. The number of rotatable bonds is 2. The van der Waals surface area contributed by atoms with Gasteiger partial charge in [-0.1, -0.05) is 42.5 Å². The summed E-state index contributed by atoms with van der Waals surface area (Å²) in [6.45, 7) is 0. The Morgan fingerprint density at radius 2 is 1.75 bits per heavy atom. The summed E-state index contributed by atoms with van der Waals surface area (Å²) in [5.74, 6) is -1.05. The molecule has 0 heterocycles. The van der Waals surface area contributed by atoms with Gasteiger partial charge in [0.05, 0.1) is 5.57 Å². The lowest BCUT2D eigenvalue weighted by molar-refractivity contribution is -0.132. The zero-order valence-electron chi connectivity index (χ0n) is 8.42. The van der Waals surface area contributed by atoms with E-state index in [1.807, 2.05) is 6.07 Å². The highest BCUT2D eigenvalue weighted by Gasteiger charge is 2.18. The van der Waals surface area contributed by atoms with Crippen molar-refractivity contribution in [3.8, 4) is 0 Å². The molecule has 0 aromatic heterocycles. The van der Waals surface area contributed by atoms with Crippen LogP contribution in [-0.4, -0.2) is 16.2 Å². The van der Waals surface area contributed by atoms with E-state index in [2.05, 4.69) is 0 Å². The van der Waals surface area contributed by atoms with Crippen molar-refractivity contribution in [2.75, 3.05) is 0 Å². The number of carbonyl (C=O) groups is 1. The molecular weight excluding hydrogens is 204 g/mol. The Labute approximate surface area is 92.7 Å². The van der Waals surface area contributed by atoms with Gasteiger partial charge in [-0.3, -0.25) is 0 Å². The van der Waals surface area contributed by atoms with Gasteiger partial charge in [0.1, 0.15) is 5.76 Å². The van der Waals surface area contributed by atoms with Crippen LogP contribution in [0.3, 0.4) is 0 Å². The number of aliphatic hydroxyl groups is 1. The van der Waals surface area contributed by atoms with Crippen molar-refractivity contribution in [1.82, 2.24) is 0 Å². The molecule has 0 aliphatic heterocycles. The molecule has 1 aromatic carbocycles. The maximum Gasteiger partial charge on any atom is 0.336 e. The molecule has 0 unspecified atom stereocenters. The summed E-state index contributed by atoms with van der Waals surface area (Å²) in [5.41, 5.74) is 1.07. The summed E-state index contributed by atoms with van der Waals surface area (Å²) < 4.78 is 0. The molecule has 0 saturated heterocycles. The van der Waals surface area contributed by atoms with Crippen molar-refractivity contribution in [2.45, 2.75) is 0 Å². The van der Waals surface area contributed by atoms with Gasteiger partial charge in [-0.25, -0.2) is 4.79 Å². The molecule has 1 aromatic rings. The first-order chi connectivity index (χ1) is 7.70. The fraction of sp³-hybridized carbons (Fsp3) is 0. The van der Waals surface area contributed by atoms with Gasteiger partial charge in [-0.05, 0) is 6.08 Å². The minimum absolute atomic E-state index is 0.0111. The van der Waals surface area contributed by atoms with Crippen molar-refractivity contribution in [2.24, 2.45) is 0 Å². The molecule has 80 valence electrons. The van der Waals surface area contributed by atoms with E-state index >= 15 is 0 Å². The lowest BCUT2D eigenvalue weighted by Crippen LogP contribution is -2.02. The standard InChI is InChI=1S/C13H10O3/c14-12(9-5-2-1-3-6-9)10-7-4-8-11(10)13(15)16/h1-8,14H,(H,15,16)/b12-10-. The molecule has 1 aliphatic rings. The highest BCUT2D eigenvalue weighted by molar-refractivity contribution is 5.97. The summed E-state index contributed by atoms with van der Waals surface area (Å²) >= 11 is 0. The van der Waals surface area contributed by atoms with E-state index in [0.29, 0.717) is 11.1 Å². The Bertz CT molecular complexity index is 507. The van der Waals surface area contributed by atoms with Gasteiger partial charge in [0.25, 0.3) is 0 Å². The van der Waals surface area contributed by atoms with Crippen molar-refractivity contribution < 1.29 is 15.0 Å². The van der Waals surface area contributed by atoms with E-state index in [4.69, 9.17) is 5.11 Å². The van der Waals surface area contributed by atoms with Gasteiger partial charge in [0.15, 0.2) is 0 Å². The topological polar surface area (TPSA) is 57.5 Å². The smallest absolute Gasteiger partial charge is 0.336 e. The summed E-state index contributed by atoms with van der Waals surface area (Å²) in [6, 6.07) is 8.87. The predicted molar refractivity (Wildman–Crippen MR) is 60.8 cm³/mol. The van der Waals surface area contributed by atoms with E-state index in [9.17, 15) is 9.90 Å². The molecule has 2 rings (SSSR count). The lowest BCUT2D eigenvalue weighted by Gasteiger charge is -2.05. The highest BCUT2D eigenvalue weighted by Crippen LogP contribution is 2.26. The first-order valence-electron chi connectivity index (χ1n) is 4.81. The molecule has 0 spiro atoms. The molecule has 0 bridgehead atoms. The lowest BCUT2D eigenvalue weighted by atomic mass is 10.0. The van der Waals surface area contributed by atoms with Gasteiger partial charge in [-0.15, -0.1) is 0 Å². The third-order valence-electron chi connectivity index (χ3n) is 2.35. The minimum Gasteiger partial charge on any atom is -0.507 e. The molecule has 0 radical (unpaired) electrons. The minimum atomic E-state index is -1.04. The van der Waals surface area contributed by atoms with Crippen LogP contribution >= 0.6 is 0 Å². The monoisotopic (exact) mass is 214 g/mol. The van der Waals surface area contributed by atoms with E-state index in [1.165, 1.54) is 6.08 Å². The van der Waals surface area contributed by atoms with E-state index in [-0.39, 0.29) is 11.3 Å². The third kappa shape index (κ3) is 1.75. The Balaban J connectivity index is 2.47. The number of aliphatic carboxylic acids is 1. The van der Waals surface area contributed by atoms with Crippen LogP contribution in [0.25, 0.3) is 5.76 Å². The first-order valence-corrected chi connectivity index (χ1v) is 4.81. The number of carboxylic acid groups (broad SMARTS) is 1. The molecule has 0 atom stereocenters. The molecular formula is C13H10O3. The largest absolute Gasteiger partial charge is 0.507 e. The van der Waals surface area contributed by atoms with Gasteiger partial charge in [0, 0.05) is 11.1 Å². The molecule has 0 amide bonds. The van der Waals surface area contributed by atoms with E-state index in [1.54, 1.807) is 36.4 Å². The zero-order chi connectivity index (χ0) is 11.5. The molecule has 0 saturated carbocycles. The van der Waals surface area contributed by atoms with Crippen LogP contribution < -0.4 is 0 Å². The average molecular weight is 214 g/mol. The number of benzene rings is 1. The summed E-state index contributed by atoms with van der Waals surface area (Å²) in [4.78, 5) is 10.9. The van der Waals surface area contributed by atoms with Crippen molar-refractivity contribution in [1.29, 1.82) is 0 Å². The molecule has 3 nitrogen and oxygen atoms in total. The summed E-state index contributed by atoms with van der Waals surface area (Å²) in [6.07, 6.45) is 4.67. The Kier molecular flexibility index (Phi) is 2.60. The number of carboxylic acids is 1. The van der Waals surface area contributed by atoms with Crippen LogP contribution in [-0.2, 0) is 4.79 Å². The van der Waals surface area contributed by atoms with Crippen LogP contribution in [0.4, 0.5) is 0 Å². The fourth-order valence-corrected chi connectivity index (χ4v) is 1.56. The highest BCUT2D eigenvalue weighted by atomic mass is 16.4. The predicted octanol–water partition coefficient (Wildman–Crippen LogP) is 2.54. The maximum atomic E-state index is 10.9. The Morgan fingerprint density at radius 1 is 1.06 bits per heavy atom. The third-order valence-corrected chi connectivity index (χ3v) is 2.35. The molecule has 16 heavy (non-hydrogen) atoms. The first kappa shape index (κ1) is 10.2. The molecule has 1 aliphatic carbocycles. The number of hydrogen-bond donors (Lipinski definition) is 2. The van der Waals surface area contributed by atoms with Crippen molar-refractivity contribution >= 4 is 11.7 Å².